The van der Waals surface area contributed by atoms with E-state index in [2.05, 4.69) is 15.4 Å². The summed E-state index contributed by atoms with van der Waals surface area (Å²) in [5.74, 6) is -3.75. The smallest absolute Gasteiger partial charge is 0.427 e. The summed E-state index contributed by atoms with van der Waals surface area (Å²) < 4.78 is 99.9. The Balaban J connectivity index is 1.27. The van der Waals surface area contributed by atoms with Crippen molar-refractivity contribution >= 4 is 44.6 Å². The quantitative estimate of drug-likeness (QED) is 0.154. The Morgan fingerprint density at radius 3 is 2.38 bits per heavy atom. The van der Waals surface area contributed by atoms with Crippen LogP contribution in [-0.2, 0) is 29.1 Å². The van der Waals surface area contributed by atoms with Crippen molar-refractivity contribution in [3.63, 3.8) is 0 Å². The van der Waals surface area contributed by atoms with Gasteiger partial charge in [-0.3, -0.25) is 19.1 Å². The minimum atomic E-state index is -4.94. The van der Waals surface area contributed by atoms with Gasteiger partial charge >= 0.3 is 12.3 Å². The summed E-state index contributed by atoms with van der Waals surface area (Å²) in [5, 5.41) is 6.34. The van der Waals surface area contributed by atoms with Crippen molar-refractivity contribution in [2.45, 2.75) is 120 Å². The third kappa shape index (κ3) is 9.49. The van der Waals surface area contributed by atoms with Gasteiger partial charge in [-0.15, -0.1) is 0 Å². The van der Waals surface area contributed by atoms with Gasteiger partial charge in [0.05, 0.1) is 24.1 Å². The second-order valence-corrected chi connectivity index (χ2v) is 20.6. The van der Waals surface area contributed by atoms with Gasteiger partial charge in [-0.05, 0) is 125 Å². The Morgan fingerprint density at radius 2 is 1.72 bits per heavy atom. The Labute approximate surface area is 368 Å². The molecule has 2 aliphatic carbocycles. The first-order valence-electron chi connectivity index (χ1n) is 21.3. The number of amides is 4. The van der Waals surface area contributed by atoms with Crippen molar-refractivity contribution < 1.29 is 59.4 Å². The molecule has 4 aliphatic rings. The second-order valence-electron chi connectivity index (χ2n) is 18.4. The van der Waals surface area contributed by atoms with Crippen LogP contribution < -0.4 is 24.8 Å². The van der Waals surface area contributed by atoms with Crippen LogP contribution in [0.4, 0.5) is 22.4 Å². The van der Waals surface area contributed by atoms with Crippen LogP contribution in [0.5, 0.6) is 11.6 Å². The van der Waals surface area contributed by atoms with Crippen LogP contribution in [0.1, 0.15) is 79.6 Å². The maximum absolute atomic E-state index is 15.0. The number of sulfonamides is 1. The molecule has 3 aromatic rings. The highest BCUT2D eigenvalue weighted by Gasteiger charge is 2.63. The number of nitrogens with zero attached hydrogens (tertiary/aromatic N) is 2. The third-order valence-electron chi connectivity index (χ3n) is 13.0. The molecule has 3 fully saturated rings. The number of fused-ring (bicyclic) bond motifs is 3. The Bertz CT molecular complexity index is 2460. The van der Waals surface area contributed by atoms with Crippen molar-refractivity contribution in [1.29, 1.82) is 0 Å². The van der Waals surface area contributed by atoms with Gasteiger partial charge in [-0.1, -0.05) is 26.0 Å². The summed E-state index contributed by atoms with van der Waals surface area (Å²) in [6, 6.07) is 9.68. The van der Waals surface area contributed by atoms with Gasteiger partial charge in [0.15, 0.2) is 0 Å². The fourth-order valence-corrected chi connectivity index (χ4v) is 9.70. The van der Waals surface area contributed by atoms with Gasteiger partial charge in [0, 0.05) is 23.3 Å². The fourth-order valence-electron chi connectivity index (χ4n) is 8.39. The van der Waals surface area contributed by atoms with Crippen molar-refractivity contribution in [3.05, 3.63) is 66.5 Å². The predicted molar refractivity (Wildman–Crippen MR) is 227 cm³/mol. The number of benzene rings is 2. The number of hydrogen-bond acceptors (Lipinski definition) is 10. The molecule has 2 aromatic carbocycles. The number of hydrogen-bond donors (Lipinski definition) is 3. The van der Waals surface area contributed by atoms with E-state index in [4.69, 9.17) is 19.2 Å². The van der Waals surface area contributed by atoms with E-state index in [1.54, 1.807) is 49.4 Å². The number of rotatable bonds is 9. The van der Waals surface area contributed by atoms with E-state index in [0.717, 1.165) is 4.90 Å². The number of ether oxygens (including phenoxy) is 3. The van der Waals surface area contributed by atoms with E-state index in [-0.39, 0.29) is 31.2 Å². The maximum Gasteiger partial charge on any atom is 0.427 e. The molecular weight excluding hydrogens is 863 g/mol. The highest BCUT2D eigenvalue weighted by atomic mass is 32.2. The van der Waals surface area contributed by atoms with E-state index in [1.165, 1.54) is 26.2 Å². The van der Waals surface area contributed by atoms with Crippen LogP contribution in [0.15, 0.2) is 60.7 Å². The maximum atomic E-state index is 15.0. The normalized spacial score (nSPS) is 27.8. The topological polar surface area (TPSA) is 182 Å². The Kier molecular flexibility index (Phi) is 12.5. The van der Waals surface area contributed by atoms with E-state index < -0.39 is 91.7 Å². The molecule has 19 heteroatoms. The molecule has 7 rings (SSSR count). The van der Waals surface area contributed by atoms with E-state index in [1.807, 2.05) is 13.0 Å². The van der Waals surface area contributed by atoms with Gasteiger partial charge in [0.2, 0.25) is 33.3 Å². The predicted octanol–water partition coefficient (Wildman–Crippen LogP) is 6.72. The highest BCUT2D eigenvalue weighted by Crippen LogP contribution is 2.48. The first-order valence-corrected chi connectivity index (χ1v) is 22.8. The van der Waals surface area contributed by atoms with Gasteiger partial charge in [-0.2, -0.15) is 13.2 Å². The average Bonchev–Trinajstić information content (AvgIpc) is 4.10. The zero-order valence-electron chi connectivity index (χ0n) is 36.4. The number of alkyl halides is 3. The molecule has 0 spiro atoms. The molecule has 0 radical (unpaired) electrons. The second kappa shape index (κ2) is 17.2. The number of aromatic nitrogens is 1. The SMILES string of the molecule is COc1ccc2c(O[C@@H]3C[C@H]4C(=O)N[C@]5(C(=O)NS(=O)(=O)C6(C)CC6)C[C@H]5/C=C\CC[C@@H](C)C[C@@H](C)[C@H](NC(=O)OC(C)(C)C(F)(F)F)C(=O)N4C3)nc(-c3ccc(F)cc3)cc2c1. The average molecular weight is 916 g/mol. The van der Waals surface area contributed by atoms with Crippen molar-refractivity contribution in [3.8, 4) is 22.9 Å². The standard InChI is InChI=1S/C45H53F4N5O9S/c1-25-9-7-8-10-29-23-44(29,40(57)53-64(59,60)43(5)17-18-43)52-37(55)35-22-32(24-54(35)39(56)36(26(2)19-25)51-41(58)63-42(3,4)45(47,48)49)62-38-33-16-15-31(61-6)20-28(33)21-34(50-38)27-11-13-30(46)14-12-27/h8,10-16,20-21,25-26,29,32,35-36H,7,9,17-19,22-24H2,1-6H3,(H,51,58)(H,52,55)(H,53,57)/b10-8-/t25-,26-,29-,32-,35+,36+,44-/m1/s1. The highest BCUT2D eigenvalue weighted by molar-refractivity contribution is 7.91. The molecule has 2 saturated carbocycles. The molecule has 2 aliphatic heterocycles. The lowest BCUT2D eigenvalue weighted by Crippen LogP contribution is -2.59. The molecule has 346 valence electrons. The fraction of sp³-hybridized carbons (Fsp3) is 0.533. The molecule has 3 N–H and O–H groups in total. The lowest BCUT2D eigenvalue weighted by Gasteiger charge is -2.34. The monoisotopic (exact) mass is 915 g/mol. The first-order chi connectivity index (χ1) is 30.0. The molecule has 14 nitrogen and oxygen atoms in total. The summed E-state index contributed by atoms with van der Waals surface area (Å²) in [5.41, 5.74) is -3.65. The minimum Gasteiger partial charge on any atom is -0.497 e. The summed E-state index contributed by atoms with van der Waals surface area (Å²) >= 11 is 0. The van der Waals surface area contributed by atoms with Crippen LogP contribution in [-0.4, -0.2) is 96.0 Å². The number of nitrogens with one attached hydrogen (secondary N) is 3. The molecular formula is C45H53F4N5O9S. The number of methoxy groups -OCH3 is 1. The van der Waals surface area contributed by atoms with E-state index in [0.29, 0.717) is 73.7 Å². The molecule has 0 bridgehead atoms. The Morgan fingerprint density at radius 1 is 1.02 bits per heavy atom. The number of carbonyl (C=O) groups excluding carboxylic acids is 4. The number of alkyl carbamates (subject to hydrolysis) is 1. The summed E-state index contributed by atoms with van der Waals surface area (Å²) in [7, 11) is -2.62. The minimum absolute atomic E-state index is 0.0705. The molecule has 1 aromatic heterocycles. The van der Waals surface area contributed by atoms with Crippen LogP contribution >= 0.6 is 0 Å². The molecule has 4 amide bonds. The van der Waals surface area contributed by atoms with Crippen molar-refractivity contribution in [2.75, 3.05) is 13.7 Å². The number of pyridine rings is 1. The van der Waals surface area contributed by atoms with Crippen LogP contribution in [0.25, 0.3) is 22.0 Å². The molecule has 1 saturated heterocycles. The van der Waals surface area contributed by atoms with Crippen LogP contribution in [0.2, 0.25) is 0 Å². The molecule has 0 unspecified atom stereocenters. The summed E-state index contributed by atoms with van der Waals surface area (Å²) in [6.07, 6.45) is -1.76. The number of carbonyl (C=O) groups is 4. The van der Waals surface area contributed by atoms with Gasteiger partial charge < -0.3 is 29.7 Å². The lowest BCUT2D eigenvalue weighted by molar-refractivity contribution is -0.244. The van der Waals surface area contributed by atoms with Crippen LogP contribution in [0, 0.1) is 23.6 Å². The van der Waals surface area contributed by atoms with E-state index >= 15 is 0 Å². The van der Waals surface area contributed by atoms with E-state index in [9.17, 15) is 45.2 Å². The lowest BCUT2D eigenvalue weighted by atomic mass is 9.88. The third-order valence-corrected chi connectivity index (χ3v) is 15.1. The number of allylic oxidation sites excluding steroid dienone is 1. The summed E-state index contributed by atoms with van der Waals surface area (Å²) in [4.78, 5) is 62.9. The first kappa shape index (κ1) is 46.5. The van der Waals surface area contributed by atoms with Crippen LogP contribution in [0.3, 0.4) is 0 Å². The molecule has 64 heavy (non-hydrogen) atoms. The number of halogens is 4. The largest absolute Gasteiger partial charge is 0.497 e. The summed E-state index contributed by atoms with van der Waals surface area (Å²) in [6.45, 7) is 6.20. The van der Waals surface area contributed by atoms with Gasteiger partial charge in [0.1, 0.15) is 35.3 Å². The van der Waals surface area contributed by atoms with Crippen molar-refractivity contribution in [2.24, 2.45) is 17.8 Å². The zero-order chi connectivity index (χ0) is 46.6. The van der Waals surface area contributed by atoms with Gasteiger partial charge in [0.25, 0.3) is 5.91 Å². The molecule has 7 atom stereocenters. The van der Waals surface area contributed by atoms with Crippen molar-refractivity contribution in [1.82, 2.24) is 25.2 Å². The molecule has 3 heterocycles. The van der Waals surface area contributed by atoms with Gasteiger partial charge in [-0.25, -0.2) is 22.6 Å². The zero-order valence-corrected chi connectivity index (χ0v) is 37.2. The Hall–Kier alpha value is -5.46.